The highest BCUT2D eigenvalue weighted by Crippen LogP contribution is 2.36. The number of nitrogens with two attached hydrogens (primary N) is 1. The zero-order valence-corrected chi connectivity index (χ0v) is 33.8. The maximum Gasteiger partial charge on any atom is 0.342 e. The number of ether oxygens (including phenoxy) is 6. The third-order valence-electron chi connectivity index (χ3n) is 9.60. The van der Waals surface area contributed by atoms with Crippen LogP contribution in [0.15, 0.2) is 146 Å². The van der Waals surface area contributed by atoms with E-state index in [0.717, 1.165) is 22.3 Å². The Bertz CT molecular complexity index is 2160. The van der Waals surface area contributed by atoms with Gasteiger partial charge in [-0.15, -0.1) is 0 Å². The summed E-state index contributed by atoms with van der Waals surface area (Å²) >= 11 is 0. The van der Waals surface area contributed by atoms with Crippen LogP contribution in [0.2, 0.25) is 0 Å². The van der Waals surface area contributed by atoms with E-state index < -0.39 is 23.8 Å². The molecular formula is C50H49NO9. The third-order valence-corrected chi connectivity index (χ3v) is 9.60. The van der Waals surface area contributed by atoms with Gasteiger partial charge in [-0.2, -0.15) is 0 Å². The Kier molecular flexibility index (Phi) is 15.3. The Balaban J connectivity index is 1.40. The molecule has 6 aromatic carbocycles. The topological polar surface area (TPSA) is 133 Å². The summed E-state index contributed by atoms with van der Waals surface area (Å²) in [6, 6.07) is 45.0. The van der Waals surface area contributed by atoms with Gasteiger partial charge in [-0.1, -0.05) is 121 Å². The fourth-order valence-electron chi connectivity index (χ4n) is 6.51. The molecule has 0 fully saturated rings. The smallest absolute Gasteiger partial charge is 0.342 e. The number of benzene rings is 6. The molecule has 0 spiro atoms. The van der Waals surface area contributed by atoms with Crippen molar-refractivity contribution in [3.8, 4) is 23.0 Å². The van der Waals surface area contributed by atoms with Crippen molar-refractivity contribution in [2.45, 2.75) is 53.1 Å². The Hall–Kier alpha value is -7.07. The molecule has 308 valence electrons. The summed E-state index contributed by atoms with van der Waals surface area (Å²) in [5.74, 6) is -1.29. The first-order chi connectivity index (χ1) is 29.3. The number of rotatable bonds is 21. The molecule has 10 nitrogen and oxygen atoms in total. The second kappa shape index (κ2) is 21.6. The molecule has 0 aliphatic rings. The first-order valence-electron chi connectivity index (χ1n) is 20.0. The molecule has 0 aliphatic carbocycles. The number of hydrogen-bond acceptors (Lipinski definition) is 9. The van der Waals surface area contributed by atoms with Crippen molar-refractivity contribution in [2.75, 3.05) is 13.2 Å². The molecule has 0 unspecified atom stereocenters. The maximum atomic E-state index is 13.5. The highest BCUT2D eigenvalue weighted by atomic mass is 16.5. The van der Waals surface area contributed by atoms with Crippen molar-refractivity contribution in [1.82, 2.24) is 0 Å². The second-order valence-corrected chi connectivity index (χ2v) is 14.0. The van der Waals surface area contributed by atoms with Crippen LogP contribution in [0.25, 0.3) is 0 Å². The standard InChI is InChI=1S/C50H49NO9/c1-3-55-49(53)42-29-44(57-31-35-17-9-5-10-18-35)39(27-46(42)59-33-37-21-13-7-14-22-37)25-41(48(51)52)26-40-28-47(60-34-38-23-15-8-16-24-38)43(50(54)56-4-2)30-45(40)58-32-36-19-11-6-12-20-36/h5-24,27-30,41H,3-4,25-26,31-34H2,1-2H3,(H2,51,52). The highest BCUT2D eigenvalue weighted by Gasteiger charge is 2.27. The van der Waals surface area contributed by atoms with Gasteiger partial charge >= 0.3 is 11.9 Å². The van der Waals surface area contributed by atoms with Gasteiger partial charge < -0.3 is 34.2 Å². The van der Waals surface area contributed by atoms with Crippen LogP contribution in [0.5, 0.6) is 23.0 Å². The second-order valence-electron chi connectivity index (χ2n) is 14.0. The predicted octanol–water partition coefficient (Wildman–Crippen LogP) is 9.24. The van der Waals surface area contributed by atoms with E-state index in [1.807, 2.05) is 121 Å². The normalized spacial score (nSPS) is 10.8. The van der Waals surface area contributed by atoms with Gasteiger partial charge in [0.2, 0.25) is 5.91 Å². The summed E-state index contributed by atoms with van der Waals surface area (Å²) in [5.41, 5.74) is 11.3. The molecule has 0 heterocycles. The number of amides is 1. The van der Waals surface area contributed by atoms with Crippen molar-refractivity contribution in [1.29, 1.82) is 0 Å². The average Bonchev–Trinajstić information content (AvgIpc) is 3.28. The molecule has 60 heavy (non-hydrogen) atoms. The van der Waals surface area contributed by atoms with Gasteiger partial charge in [-0.25, -0.2) is 9.59 Å². The molecule has 0 atom stereocenters. The van der Waals surface area contributed by atoms with Crippen LogP contribution in [0.1, 0.15) is 67.9 Å². The quantitative estimate of drug-likeness (QED) is 0.0707. The summed E-state index contributed by atoms with van der Waals surface area (Å²) < 4.78 is 36.2. The molecule has 6 aromatic rings. The Labute approximate surface area is 350 Å². The molecule has 0 radical (unpaired) electrons. The number of hydrogen-bond donors (Lipinski definition) is 1. The van der Waals surface area contributed by atoms with Crippen molar-refractivity contribution < 1.29 is 42.8 Å². The molecule has 2 N–H and O–H groups in total. The van der Waals surface area contributed by atoms with E-state index in [1.165, 1.54) is 0 Å². The first-order valence-corrected chi connectivity index (χ1v) is 20.0. The zero-order valence-electron chi connectivity index (χ0n) is 33.8. The Morgan fingerprint density at radius 1 is 0.450 bits per heavy atom. The van der Waals surface area contributed by atoms with Crippen LogP contribution in [-0.4, -0.2) is 31.1 Å². The molecular weight excluding hydrogens is 759 g/mol. The molecule has 0 saturated heterocycles. The molecule has 6 rings (SSSR count). The third kappa shape index (κ3) is 12.0. The lowest BCUT2D eigenvalue weighted by Gasteiger charge is -2.22. The molecule has 10 heteroatoms. The molecule has 0 bridgehead atoms. The van der Waals surface area contributed by atoms with Crippen molar-refractivity contribution in [3.05, 3.63) is 190 Å². The molecule has 1 amide bonds. The molecule has 0 saturated carbocycles. The minimum absolute atomic E-state index is 0.0994. The summed E-state index contributed by atoms with van der Waals surface area (Å²) in [6.07, 6.45) is 0.199. The lowest BCUT2D eigenvalue weighted by Crippen LogP contribution is -2.27. The van der Waals surface area contributed by atoms with Crippen LogP contribution < -0.4 is 24.7 Å². The lowest BCUT2D eigenvalue weighted by atomic mass is 9.90. The van der Waals surface area contributed by atoms with Gasteiger partial charge in [0.05, 0.1) is 13.2 Å². The van der Waals surface area contributed by atoms with Gasteiger partial charge in [-0.3, -0.25) is 4.79 Å². The molecule has 0 aromatic heterocycles. The minimum Gasteiger partial charge on any atom is -0.489 e. The van der Waals surface area contributed by atoms with Gasteiger partial charge in [0.1, 0.15) is 60.6 Å². The van der Waals surface area contributed by atoms with E-state index in [2.05, 4.69) is 0 Å². The average molecular weight is 808 g/mol. The SMILES string of the molecule is CCOC(=O)c1cc(OCc2ccccc2)c(CC(Cc2cc(OCc3ccccc3)c(C(=O)OCC)cc2OCc2ccccc2)C(N)=O)cc1OCc1ccccc1. The van der Waals surface area contributed by atoms with E-state index in [-0.39, 0.29) is 75.1 Å². The minimum atomic E-state index is -0.825. The Morgan fingerprint density at radius 3 is 1.03 bits per heavy atom. The van der Waals surface area contributed by atoms with Crippen LogP contribution in [0.4, 0.5) is 0 Å². The number of carbonyl (C=O) groups is 3. The molecule has 0 aliphatic heterocycles. The van der Waals surface area contributed by atoms with Crippen molar-refractivity contribution in [2.24, 2.45) is 11.7 Å². The van der Waals surface area contributed by atoms with E-state index in [1.54, 1.807) is 38.1 Å². The van der Waals surface area contributed by atoms with E-state index in [9.17, 15) is 14.4 Å². The van der Waals surface area contributed by atoms with E-state index in [4.69, 9.17) is 34.2 Å². The number of carbonyl (C=O) groups excluding carboxylic acids is 3. The Morgan fingerprint density at radius 2 is 0.750 bits per heavy atom. The summed E-state index contributed by atoms with van der Waals surface area (Å²) in [5, 5.41) is 0. The van der Waals surface area contributed by atoms with Crippen molar-refractivity contribution in [3.63, 3.8) is 0 Å². The fourth-order valence-corrected chi connectivity index (χ4v) is 6.51. The summed E-state index contributed by atoms with van der Waals surface area (Å²) in [6.45, 7) is 4.51. The summed E-state index contributed by atoms with van der Waals surface area (Å²) in [4.78, 5) is 40.3. The predicted molar refractivity (Wildman–Crippen MR) is 228 cm³/mol. The van der Waals surface area contributed by atoms with Crippen LogP contribution in [-0.2, 0) is 53.5 Å². The van der Waals surface area contributed by atoms with Gasteiger partial charge in [0, 0.05) is 5.92 Å². The number of esters is 2. The van der Waals surface area contributed by atoms with Gasteiger partial charge in [0.15, 0.2) is 0 Å². The van der Waals surface area contributed by atoms with E-state index >= 15 is 0 Å². The highest BCUT2D eigenvalue weighted by molar-refractivity contribution is 5.94. The van der Waals surface area contributed by atoms with Crippen LogP contribution >= 0.6 is 0 Å². The lowest BCUT2D eigenvalue weighted by molar-refractivity contribution is -0.121. The van der Waals surface area contributed by atoms with Gasteiger partial charge in [0.25, 0.3) is 0 Å². The van der Waals surface area contributed by atoms with E-state index in [0.29, 0.717) is 22.6 Å². The summed E-state index contributed by atoms with van der Waals surface area (Å²) in [7, 11) is 0. The number of primary amides is 1. The van der Waals surface area contributed by atoms with Crippen LogP contribution in [0.3, 0.4) is 0 Å². The first kappa shape index (κ1) is 42.5. The zero-order chi connectivity index (χ0) is 42.1. The fraction of sp³-hybridized carbons (Fsp3) is 0.220. The van der Waals surface area contributed by atoms with Crippen molar-refractivity contribution >= 4 is 17.8 Å². The largest absolute Gasteiger partial charge is 0.489 e. The monoisotopic (exact) mass is 807 g/mol. The maximum absolute atomic E-state index is 13.5. The van der Waals surface area contributed by atoms with Crippen LogP contribution in [0, 0.1) is 5.92 Å². The van der Waals surface area contributed by atoms with Gasteiger partial charge in [-0.05, 0) is 84.3 Å².